The number of aliphatic hydroxyl groups excluding tert-OH is 1. The van der Waals surface area contributed by atoms with Crippen LogP contribution in [0.4, 0.5) is 11.5 Å². The van der Waals surface area contributed by atoms with E-state index in [-0.39, 0.29) is 35.1 Å². The predicted molar refractivity (Wildman–Crippen MR) is 140 cm³/mol. The van der Waals surface area contributed by atoms with Crippen molar-refractivity contribution in [3.8, 4) is 5.69 Å². The number of aryl methyl sites for hydroxylation is 1. The highest BCUT2D eigenvalue weighted by atomic mass is 16.3. The molecule has 1 aliphatic heterocycles. The van der Waals surface area contributed by atoms with Crippen molar-refractivity contribution in [1.82, 2.24) is 24.9 Å². The Balaban J connectivity index is 1.17. The molecule has 37 heavy (non-hydrogen) atoms. The molecule has 1 saturated carbocycles. The van der Waals surface area contributed by atoms with E-state index in [9.17, 15) is 14.7 Å². The molecular weight excluding hydrogens is 470 g/mol. The Morgan fingerprint density at radius 1 is 1.00 bits per heavy atom. The third kappa shape index (κ3) is 5.18. The van der Waals surface area contributed by atoms with E-state index in [1.54, 1.807) is 13.1 Å². The molecule has 2 atom stereocenters. The Morgan fingerprint density at radius 2 is 1.73 bits per heavy atom. The minimum atomic E-state index is -0.350. The van der Waals surface area contributed by atoms with Gasteiger partial charge in [-0.3, -0.25) is 9.59 Å². The zero-order valence-corrected chi connectivity index (χ0v) is 20.9. The molecule has 0 bridgehead atoms. The molecule has 0 spiro atoms. The van der Waals surface area contributed by atoms with E-state index in [4.69, 9.17) is 0 Å². The second-order valence-corrected chi connectivity index (χ2v) is 9.57. The Bertz CT molecular complexity index is 1280. The number of nitrogens with zero attached hydrogens (tertiary/aromatic N) is 6. The summed E-state index contributed by atoms with van der Waals surface area (Å²) >= 11 is 0. The number of carbonyl (C=O) groups is 2. The van der Waals surface area contributed by atoms with Gasteiger partial charge in [-0.25, -0.2) is 4.98 Å². The van der Waals surface area contributed by atoms with Crippen molar-refractivity contribution >= 4 is 23.3 Å². The number of anilines is 2. The first-order chi connectivity index (χ1) is 17.9. The van der Waals surface area contributed by atoms with E-state index >= 15 is 0 Å². The number of para-hydroxylation sites is 1. The lowest BCUT2D eigenvalue weighted by Crippen LogP contribution is -2.51. The zero-order chi connectivity index (χ0) is 25.9. The summed E-state index contributed by atoms with van der Waals surface area (Å²) in [5, 5.41) is 21.4. The lowest BCUT2D eigenvalue weighted by atomic mass is 9.93. The Kier molecular flexibility index (Phi) is 6.89. The summed E-state index contributed by atoms with van der Waals surface area (Å²) in [6, 6.07) is 13.1. The molecule has 192 valence electrons. The predicted octanol–water partition coefficient (Wildman–Crippen LogP) is 3.36. The Morgan fingerprint density at radius 3 is 2.41 bits per heavy atom. The van der Waals surface area contributed by atoms with Crippen LogP contribution in [0.1, 0.15) is 35.4 Å². The largest absolute Gasteiger partial charge is 0.513 e. The fourth-order valence-corrected chi connectivity index (χ4v) is 5.15. The quantitative estimate of drug-likeness (QED) is 0.498. The summed E-state index contributed by atoms with van der Waals surface area (Å²) < 4.78 is 0. The topological polar surface area (TPSA) is 116 Å². The molecule has 10 nitrogen and oxygen atoms in total. The van der Waals surface area contributed by atoms with Gasteiger partial charge in [0.1, 0.15) is 5.82 Å². The number of amides is 2. The molecule has 0 unspecified atom stereocenters. The maximum absolute atomic E-state index is 13.0. The number of pyridine rings is 1. The van der Waals surface area contributed by atoms with Crippen LogP contribution in [-0.2, 0) is 4.79 Å². The van der Waals surface area contributed by atoms with E-state index < -0.39 is 0 Å². The van der Waals surface area contributed by atoms with E-state index in [1.807, 2.05) is 47.4 Å². The molecule has 2 amide bonds. The van der Waals surface area contributed by atoms with E-state index in [0.717, 1.165) is 30.8 Å². The number of piperazine rings is 1. The van der Waals surface area contributed by atoms with Gasteiger partial charge < -0.3 is 20.2 Å². The highest BCUT2D eigenvalue weighted by molar-refractivity contribution is 6.03. The molecule has 0 radical (unpaired) electrons. The minimum absolute atomic E-state index is 0.114. The minimum Gasteiger partial charge on any atom is -0.513 e. The van der Waals surface area contributed by atoms with Crippen LogP contribution < -0.4 is 10.2 Å². The van der Waals surface area contributed by atoms with Crippen molar-refractivity contribution in [3.05, 3.63) is 72.4 Å². The number of hydrogen-bond donors (Lipinski definition) is 2. The van der Waals surface area contributed by atoms with Gasteiger partial charge in [0.15, 0.2) is 5.69 Å². The van der Waals surface area contributed by atoms with Crippen molar-refractivity contribution < 1.29 is 14.7 Å². The number of rotatable bonds is 6. The van der Waals surface area contributed by atoms with Gasteiger partial charge in [-0.15, -0.1) is 5.10 Å². The van der Waals surface area contributed by atoms with Crippen LogP contribution in [-0.4, -0.2) is 68.0 Å². The fourth-order valence-electron chi connectivity index (χ4n) is 5.15. The van der Waals surface area contributed by atoms with Gasteiger partial charge in [0.2, 0.25) is 5.91 Å². The van der Waals surface area contributed by atoms with Crippen LogP contribution in [0, 0.1) is 18.8 Å². The molecule has 2 N–H and O–H groups in total. The number of carbonyl (C=O) groups excluding carboxylic acids is 2. The van der Waals surface area contributed by atoms with Crippen LogP contribution >= 0.6 is 0 Å². The molecule has 1 saturated heterocycles. The third-order valence-electron chi connectivity index (χ3n) is 7.17. The van der Waals surface area contributed by atoms with Gasteiger partial charge >= 0.3 is 0 Å². The average Bonchev–Trinajstić information content (AvgIpc) is 3.57. The fraction of sp³-hybridized carbons (Fsp3) is 0.370. The van der Waals surface area contributed by atoms with Gasteiger partial charge in [-0.05, 0) is 44.0 Å². The molecule has 3 aromatic rings. The monoisotopic (exact) mass is 501 g/mol. The molecule has 3 heterocycles. The highest BCUT2D eigenvalue weighted by Gasteiger charge is 2.38. The van der Waals surface area contributed by atoms with Crippen molar-refractivity contribution in [2.24, 2.45) is 11.8 Å². The summed E-state index contributed by atoms with van der Waals surface area (Å²) in [5.41, 5.74) is 2.13. The van der Waals surface area contributed by atoms with Gasteiger partial charge in [-0.2, -0.15) is 9.90 Å². The molecule has 2 aromatic heterocycles. The smallest absolute Gasteiger partial charge is 0.278 e. The third-order valence-corrected chi connectivity index (χ3v) is 7.17. The standard InChI is InChI=1S/C27H31N7O3/c1-18-25(31-34(30-18)21-7-4-3-5-8-21)26(36)29-20-11-12-24(28-17-20)32-13-15-33(16-14-32)27(37)23-10-6-9-22(23)19(2)35/h3-5,7-8,11-12,17,22-23,35H,2,6,9-10,13-16H2,1H3,(H,29,36)/t22-,23+/m1/s1. The van der Waals surface area contributed by atoms with Crippen molar-refractivity contribution in [3.63, 3.8) is 0 Å². The number of benzene rings is 1. The van der Waals surface area contributed by atoms with Gasteiger partial charge in [-0.1, -0.05) is 31.2 Å². The van der Waals surface area contributed by atoms with E-state index in [0.29, 0.717) is 37.6 Å². The summed E-state index contributed by atoms with van der Waals surface area (Å²) in [6.07, 6.45) is 4.19. The molecule has 5 rings (SSSR count). The summed E-state index contributed by atoms with van der Waals surface area (Å²) in [5.74, 6) is 0.394. The first kappa shape index (κ1) is 24.5. The second kappa shape index (κ2) is 10.4. The average molecular weight is 502 g/mol. The second-order valence-electron chi connectivity index (χ2n) is 9.57. The van der Waals surface area contributed by atoms with E-state index in [2.05, 4.69) is 32.0 Å². The van der Waals surface area contributed by atoms with Gasteiger partial charge in [0.25, 0.3) is 5.91 Å². The van der Waals surface area contributed by atoms with E-state index in [1.165, 1.54) is 4.80 Å². The highest BCUT2D eigenvalue weighted by Crippen LogP contribution is 2.36. The molecule has 2 fully saturated rings. The summed E-state index contributed by atoms with van der Waals surface area (Å²) in [4.78, 5) is 35.8. The van der Waals surface area contributed by atoms with Crippen LogP contribution in [0.15, 0.2) is 61.0 Å². The summed E-state index contributed by atoms with van der Waals surface area (Å²) in [6.45, 7) is 7.97. The van der Waals surface area contributed by atoms with Crippen molar-refractivity contribution in [1.29, 1.82) is 0 Å². The van der Waals surface area contributed by atoms with Gasteiger partial charge in [0.05, 0.1) is 29.0 Å². The SMILES string of the molecule is C=C(O)[C@H]1CCC[C@@H]1C(=O)N1CCN(c2ccc(NC(=O)c3nn(-c4ccccc4)nc3C)cn2)CC1. The molecule has 10 heteroatoms. The Hall–Kier alpha value is -4.21. The lowest BCUT2D eigenvalue weighted by Gasteiger charge is -2.37. The number of aromatic nitrogens is 4. The van der Waals surface area contributed by atoms with Crippen LogP contribution in [0.3, 0.4) is 0 Å². The van der Waals surface area contributed by atoms with Crippen LogP contribution in [0.2, 0.25) is 0 Å². The number of nitrogens with one attached hydrogen (secondary N) is 1. The molecule has 2 aliphatic rings. The zero-order valence-electron chi connectivity index (χ0n) is 20.9. The maximum atomic E-state index is 13.0. The van der Waals surface area contributed by atoms with Gasteiger partial charge in [0, 0.05) is 38.0 Å². The Labute approximate surface area is 215 Å². The van der Waals surface area contributed by atoms with Crippen molar-refractivity contribution in [2.75, 3.05) is 36.4 Å². The van der Waals surface area contributed by atoms with Crippen LogP contribution in [0.5, 0.6) is 0 Å². The first-order valence-corrected chi connectivity index (χ1v) is 12.6. The normalized spacial score (nSPS) is 19.6. The first-order valence-electron chi connectivity index (χ1n) is 12.6. The number of aliphatic hydroxyl groups is 1. The molecule has 1 aromatic carbocycles. The van der Waals surface area contributed by atoms with Crippen molar-refractivity contribution in [2.45, 2.75) is 26.2 Å². The number of allylic oxidation sites excluding steroid dienone is 1. The van der Waals surface area contributed by atoms with Crippen LogP contribution in [0.25, 0.3) is 5.69 Å². The maximum Gasteiger partial charge on any atom is 0.278 e. The lowest BCUT2D eigenvalue weighted by molar-refractivity contribution is -0.136. The molecule has 1 aliphatic carbocycles. The summed E-state index contributed by atoms with van der Waals surface area (Å²) in [7, 11) is 0. The number of hydrogen-bond acceptors (Lipinski definition) is 7. The molecular formula is C27H31N7O3.